The second-order valence-corrected chi connectivity index (χ2v) is 5.91. The number of hydrogen-bond donors (Lipinski definition) is 1. The number of anilines is 1. The van der Waals surface area contributed by atoms with E-state index in [0.29, 0.717) is 21.2 Å². The monoisotopic (exact) mass is 336 g/mol. The number of nitrogens with zero attached hydrogens (tertiary/aromatic N) is 1. The lowest BCUT2D eigenvalue weighted by Crippen LogP contribution is -2.03. The standard InChI is InChI=1S/C15H13ClN2O3S/c1-2-10-9-12(15(22-10)17-7-8-18(20)21)14(19)11-5-3-4-6-13(11)16/h3-9,17H,2H2,1H3. The maximum absolute atomic E-state index is 12.6. The lowest BCUT2D eigenvalue weighted by Gasteiger charge is -2.04. The molecular formula is C15H13ClN2O3S. The largest absolute Gasteiger partial charge is 0.348 e. The molecule has 0 saturated heterocycles. The Labute approximate surface area is 136 Å². The first kappa shape index (κ1) is 16.2. The van der Waals surface area contributed by atoms with Crippen molar-refractivity contribution in [2.24, 2.45) is 0 Å². The Balaban J connectivity index is 2.37. The number of ketones is 1. The molecule has 0 spiro atoms. The van der Waals surface area contributed by atoms with Crippen molar-refractivity contribution in [1.29, 1.82) is 0 Å². The molecule has 114 valence electrons. The number of aryl methyl sites for hydroxylation is 1. The highest BCUT2D eigenvalue weighted by Gasteiger charge is 2.19. The van der Waals surface area contributed by atoms with Crippen LogP contribution in [-0.4, -0.2) is 10.7 Å². The maximum Gasteiger partial charge on any atom is 0.250 e. The molecule has 0 aliphatic carbocycles. The molecule has 7 heteroatoms. The Kier molecular flexibility index (Phi) is 5.30. The van der Waals surface area contributed by atoms with Crippen molar-refractivity contribution in [3.05, 3.63) is 73.9 Å². The summed E-state index contributed by atoms with van der Waals surface area (Å²) in [6, 6.07) is 8.60. The Morgan fingerprint density at radius 2 is 2.14 bits per heavy atom. The summed E-state index contributed by atoms with van der Waals surface area (Å²) in [5.41, 5.74) is 0.869. The highest BCUT2D eigenvalue weighted by molar-refractivity contribution is 7.16. The summed E-state index contributed by atoms with van der Waals surface area (Å²) < 4.78 is 0. The van der Waals surface area contributed by atoms with Gasteiger partial charge in [0.05, 0.1) is 21.7 Å². The van der Waals surface area contributed by atoms with Gasteiger partial charge in [0.15, 0.2) is 5.78 Å². The second kappa shape index (κ2) is 7.20. The van der Waals surface area contributed by atoms with E-state index in [2.05, 4.69) is 5.32 Å². The Morgan fingerprint density at radius 1 is 1.41 bits per heavy atom. The van der Waals surface area contributed by atoms with Crippen molar-refractivity contribution < 1.29 is 9.72 Å². The number of nitrogens with one attached hydrogen (secondary N) is 1. The minimum absolute atomic E-state index is 0.210. The third kappa shape index (κ3) is 3.72. The van der Waals surface area contributed by atoms with E-state index in [1.165, 1.54) is 17.5 Å². The van der Waals surface area contributed by atoms with Gasteiger partial charge in [0.2, 0.25) is 6.20 Å². The van der Waals surface area contributed by atoms with Crippen LogP contribution in [0.5, 0.6) is 0 Å². The summed E-state index contributed by atoms with van der Waals surface area (Å²) in [6.45, 7) is 1.98. The zero-order valence-corrected chi connectivity index (χ0v) is 13.3. The molecule has 1 heterocycles. The van der Waals surface area contributed by atoms with Crippen molar-refractivity contribution in [1.82, 2.24) is 0 Å². The quantitative estimate of drug-likeness (QED) is 0.483. The van der Waals surface area contributed by atoms with Crippen LogP contribution in [0.25, 0.3) is 0 Å². The van der Waals surface area contributed by atoms with Crippen molar-refractivity contribution in [3.8, 4) is 0 Å². The number of benzene rings is 1. The molecule has 2 rings (SSSR count). The average molecular weight is 337 g/mol. The lowest BCUT2D eigenvalue weighted by molar-refractivity contribution is -0.402. The zero-order chi connectivity index (χ0) is 16.1. The number of halogens is 1. The van der Waals surface area contributed by atoms with Gasteiger partial charge in [0.25, 0.3) is 0 Å². The fraction of sp³-hybridized carbons (Fsp3) is 0.133. The van der Waals surface area contributed by atoms with Crippen molar-refractivity contribution in [2.75, 3.05) is 5.32 Å². The minimum Gasteiger partial charge on any atom is -0.348 e. The molecule has 1 aromatic carbocycles. The van der Waals surface area contributed by atoms with Gasteiger partial charge in [-0.3, -0.25) is 14.9 Å². The molecule has 0 unspecified atom stereocenters. The van der Waals surface area contributed by atoms with E-state index in [1.807, 2.05) is 6.92 Å². The number of thiophene rings is 1. The van der Waals surface area contributed by atoms with Gasteiger partial charge < -0.3 is 5.32 Å². The van der Waals surface area contributed by atoms with Gasteiger partial charge in [-0.1, -0.05) is 30.7 Å². The van der Waals surface area contributed by atoms with Crippen LogP contribution < -0.4 is 5.32 Å². The van der Waals surface area contributed by atoms with Crippen LogP contribution >= 0.6 is 22.9 Å². The topological polar surface area (TPSA) is 72.2 Å². The predicted molar refractivity (Wildman–Crippen MR) is 88.3 cm³/mol. The third-order valence-electron chi connectivity index (χ3n) is 2.91. The first-order valence-corrected chi connectivity index (χ1v) is 7.71. The van der Waals surface area contributed by atoms with Gasteiger partial charge in [-0.2, -0.15) is 0 Å². The van der Waals surface area contributed by atoms with Crippen LogP contribution in [0.3, 0.4) is 0 Å². The molecule has 0 bridgehead atoms. The summed E-state index contributed by atoms with van der Waals surface area (Å²) in [5, 5.41) is 14.1. The van der Waals surface area contributed by atoms with Gasteiger partial charge in [-0.25, -0.2) is 0 Å². The molecule has 0 atom stereocenters. The van der Waals surface area contributed by atoms with Gasteiger partial charge in [0, 0.05) is 10.4 Å². The van der Waals surface area contributed by atoms with E-state index < -0.39 is 4.92 Å². The second-order valence-electron chi connectivity index (χ2n) is 4.36. The van der Waals surface area contributed by atoms with E-state index in [1.54, 1.807) is 30.3 Å². The minimum atomic E-state index is -0.573. The van der Waals surface area contributed by atoms with Gasteiger partial charge in [0.1, 0.15) is 5.00 Å². The summed E-state index contributed by atoms with van der Waals surface area (Å²) in [4.78, 5) is 23.4. The van der Waals surface area contributed by atoms with E-state index in [9.17, 15) is 14.9 Å². The molecular weight excluding hydrogens is 324 g/mol. The van der Waals surface area contributed by atoms with Gasteiger partial charge in [-0.15, -0.1) is 11.3 Å². The first-order chi connectivity index (χ1) is 10.5. The highest BCUT2D eigenvalue weighted by atomic mass is 35.5. The number of nitro groups is 1. The molecule has 0 radical (unpaired) electrons. The van der Waals surface area contributed by atoms with E-state index in [4.69, 9.17) is 11.6 Å². The Bertz CT molecular complexity index is 740. The number of carbonyl (C=O) groups is 1. The molecule has 5 nitrogen and oxygen atoms in total. The fourth-order valence-corrected chi connectivity index (χ4v) is 3.05. The third-order valence-corrected chi connectivity index (χ3v) is 4.45. The SMILES string of the molecule is CCc1cc(C(=O)c2ccccc2Cl)c(NC=C[N+](=O)[O-])s1. The molecule has 1 N–H and O–H groups in total. The van der Waals surface area contributed by atoms with Crippen molar-refractivity contribution in [3.63, 3.8) is 0 Å². The predicted octanol–water partition coefficient (Wildman–Crippen LogP) is 4.35. The van der Waals surface area contributed by atoms with Gasteiger partial charge in [-0.05, 0) is 24.6 Å². The van der Waals surface area contributed by atoms with Gasteiger partial charge >= 0.3 is 0 Å². The summed E-state index contributed by atoms with van der Waals surface area (Å²) in [5.74, 6) is -0.210. The van der Waals surface area contributed by atoms with Crippen LogP contribution in [0, 0.1) is 10.1 Å². The maximum atomic E-state index is 12.6. The molecule has 0 aliphatic heterocycles. The van der Waals surface area contributed by atoms with E-state index >= 15 is 0 Å². The van der Waals surface area contributed by atoms with Crippen LogP contribution in [-0.2, 0) is 6.42 Å². The normalized spacial score (nSPS) is 10.8. The molecule has 0 saturated carbocycles. The molecule has 0 amide bonds. The smallest absolute Gasteiger partial charge is 0.250 e. The van der Waals surface area contributed by atoms with E-state index in [-0.39, 0.29) is 5.78 Å². The molecule has 2 aromatic rings. The molecule has 22 heavy (non-hydrogen) atoms. The Hall–Kier alpha value is -2.18. The summed E-state index contributed by atoms with van der Waals surface area (Å²) in [6.07, 6.45) is 2.76. The number of rotatable bonds is 6. The lowest BCUT2D eigenvalue weighted by atomic mass is 10.0. The van der Waals surface area contributed by atoms with Crippen molar-refractivity contribution in [2.45, 2.75) is 13.3 Å². The molecule has 1 aromatic heterocycles. The molecule has 0 aliphatic rings. The van der Waals surface area contributed by atoms with Crippen molar-refractivity contribution >= 4 is 33.7 Å². The summed E-state index contributed by atoms with van der Waals surface area (Å²) in [7, 11) is 0. The number of hydrogen-bond acceptors (Lipinski definition) is 5. The Morgan fingerprint density at radius 3 is 2.77 bits per heavy atom. The number of carbonyl (C=O) groups excluding carboxylic acids is 1. The average Bonchev–Trinajstić information content (AvgIpc) is 2.90. The highest BCUT2D eigenvalue weighted by Crippen LogP contribution is 2.32. The molecule has 0 fully saturated rings. The van der Waals surface area contributed by atoms with E-state index in [0.717, 1.165) is 17.5 Å². The van der Waals surface area contributed by atoms with Crippen LogP contribution in [0.1, 0.15) is 27.7 Å². The first-order valence-electron chi connectivity index (χ1n) is 6.51. The van der Waals surface area contributed by atoms with Crippen LogP contribution in [0.4, 0.5) is 5.00 Å². The summed E-state index contributed by atoms with van der Waals surface area (Å²) >= 11 is 7.46. The van der Waals surface area contributed by atoms with Crippen LogP contribution in [0.15, 0.2) is 42.7 Å². The fourth-order valence-electron chi connectivity index (χ4n) is 1.86. The zero-order valence-electron chi connectivity index (χ0n) is 11.7. The van der Waals surface area contributed by atoms with Crippen LogP contribution in [0.2, 0.25) is 5.02 Å².